The van der Waals surface area contributed by atoms with Gasteiger partial charge in [0, 0.05) is 12.3 Å². The smallest absolute Gasteiger partial charge is 0.206 e. The van der Waals surface area contributed by atoms with Gasteiger partial charge in [0.2, 0.25) is 9.54 Å². The molecular weight excluding hydrogens is 401 g/mol. The Morgan fingerprint density at radius 1 is 1.26 bits per heavy atom. The molecule has 1 aromatic carbocycles. The minimum Gasteiger partial charge on any atom is -0.493 e. The molecule has 1 aliphatic heterocycles. The Kier molecular flexibility index (Phi) is 4.65. The predicted molar refractivity (Wildman–Crippen MR) is 96.7 cm³/mol. The maximum atomic E-state index is 14.5. The van der Waals surface area contributed by atoms with Crippen LogP contribution in [0.15, 0.2) is 34.8 Å². The first-order chi connectivity index (χ1) is 11.0. The van der Waals surface area contributed by atoms with Crippen LogP contribution in [-0.2, 0) is 6.54 Å². The molecule has 0 saturated heterocycles. The van der Waals surface area contributed by atoms with Gasteiger partial charge in [0.25, 0.3) is 0 Å². The molecule has 3 rings (SSSR count). The molecule has 0 amide bonds. The standard InChI is InChI=1S/C15H13BrFN3OS2/c1-2-21-13-9-12(11(17)8-10(13)16)20-14(22)18-6-4-3-5-7-19(18)15(20)23/h3-6,8-9H,2,7H2,1H3. The fourth-order valence-electron chi connectivity index (χ4n) is 2.34. The number of nitrogens with zero attached hydrogens (tertiary/aromatic N) is 3. The van der Waals surface area contributed by atoms with Crippen molar-refractivity contribution in [2.45, 2.75) is 13.5 Å². The lowest BCUT2D eigenvalue weighted by atomic mass is 10.3. The van der Waals surface area contributed by atoms with Crippen molar-refractivity contribution in [2.24, 2.45) is 0 Å². The van der Waals surface area contributed by atoms with Gasteiger partial charge in [-0.15, -0.1) is 0 Å². The summed E-state index contributed by atoms with van der Waals surface area (Å²) in [6.07, 6.45) is 7.54. The van der Waals surface area contributed by atoms with Gasteiger partial charge in [0.05, 0.1) is 23.3 Å². The van der Waals surface area contributed by atoms with Gasteiger partial charge in [-0.05, 0) is 59.4 Å². The van der Waals surface area contributed by atoms with Gasteiger partial charge in [-0.25, -0.2) is 13.8 Å². The van der Waals surface area contributed by atoms with Crippen LogP contribution in [0.25, 0.3) is 11.9 Å². The molecule has 120 valence electrons. The highest BCUT2D eigenvalue weighted by atomic mass is 79.9. The lowest BCUT2D eigenvalue weighted by Crippen LogP contribution is -2.05. The molecule has 0 atom stereocenters. The predicted octanol–water partition coefficient (Wildman–Crippen LogP) is 4.88. The van der Waals surface area contributed by atoms with E-state index in [0.29, 0.717) is 32.9 Å². The third kappa shape index (κ3) is 2.86. The SMILES string of the molecule is CCOc1cc(-n2c(=S)n3n(c2=S)CC=CC=C3)c(F)cc1Br. The summed E-state index contributed by atoms with van der Waals surface area (Å²) in [4.78, 5) is 0. The van der Waals surface area contributed by atoms with Crippen LogP contribution in [0, 0.1) is 15.4 Å². The van der Waals surface area contributed by atoms with Crippen molar-refractivity contribution in [1.82, 2.24) is 13.9 Å². The van der Waals surface area contributed by atoms with E-state index in [0.717, 1.165) is 0 Å². The van der Waals surface area contributed by atoms with Gasteiger partial charge in [-0.2, -0.15) is 0 Å². The largest absolute Gasteiger partial charge is 0.493 e. The lowest BCUT2D eigenvalue weighted by Gasteiger charge is -2.10. The quantitative estimate of drug-likeness (QED) is 0.669. The van der Waals surface area contributed by atoms with Crippen LogP contribution in [-0.4, -0.2) is 20.5 Å². The van der Waals surface area contributed by atoms with E-state index in [-0.39, 0.29) is 5.69 Å². The summed E-state index contributed by atoms with van der Waals surface area (Å²) in [5, 5.41) is 0. The van der Waals surface area contributed by atoms with Crippen molar-refractivity contribution in [3.05, 3.63) is 50.2 Å². The van der Waals surface area contributed by atoms with Gasteiger partial charge in [0.1, 0.15) is 11.6 Å². The molecule has 0 saturated carbocycles. The highest BCUT2D eigenvalue weighted by Crippen LogP contribution is 2.30. The molecule has 4 nitrogen and oxygen atoms in total. The third-order valence-corrected chi connectivity index (χ3v) is 4.74. The molecular formula is C15H13BrFN3OS2. The van der Waals surface area contributed by atoms with Crippen LogP contribution in [0.2, 0.25) is 0 Å². The Hall–Kier alpha value is -1.51. The number of halogens is 2. The Labute approximate surface area is 151 Å². The number of rotatable bonds is 3. The first-order valence-corrected chi connectivity index (χ1v) is 8.55. The van der Waals surface area contributed by atoms with Crippen LogP contribution in [0.3, 0.4) is 0 Å². The molecule has 0 aliphatic carbocycles. The van der Waals surface area contributed by atoms with Crippen molar-refractivity contribution < 1.29 is 9.13 Å². The second kappa shape index (κ2) is 6.54. The molecule has 1 aliphatic rings. The van der Waals surface area contributed by atoms with Gasteiger partial charge in [-0.3, -0.25) is 4.57 Å². The van der Waals surface area contributed by atoms with E-state index in [2.05, 4.69) is 15.9 Å². The van der Waals surface area contributed by atoms with Crippen molar-refractivity contribution >= 4 is 46.6 Å². The van der Waals surface area contributed by atoms with Crippen molar-refractivity contribution in [3.8, 4) is 11.4 Å². The molecule has 0 N–H and O–H groups in total. The number of benzene rings is 1. The summed E-state index contributed by atoms with van der Waals surface area (Å²) < 4.78 is 26.5. The summed E-state index contributed by atoms with van der Waals surface area (Å²) in [5.74, 6) is 0.116. The highest BCUT2D eigenvalue weighted by Gasteiger charge is 2.17. The first kappa shape index (κ1) is 16.4. The van der Waals surface area contributed by atoms with Gasteiger partial charge in [0.15, 0.2) is 0 Å². The Morgan fingerprint density at radius 3 is 2.78 bits per heavy atom. The van der Waals surface area contributed by atoms with E-state index < -0.39 is 5.82 Å². The highest BCUT2D eigenvalue weighted by molar-refractivity contribution is 9.10. The minimum atomic E-state index is -0.427. The molecule has 2 heterocycles. The average Bonchev–Trinajstić information content (AvgIpc) is 2.71. The fraction of sp³-hybridized carbons (Fsp3) is 0.200. The van der Waals surface area contributed by atoms with E-state index in [1.54, 1.807) is 26.2 Å². The van der Waals surface area contributed by atoms with E-state index >= 15 is 0 Å². The second-order valence-corrected chi connectivity index (χ2v) is 6.35. The van der Waals surface area contributed by atoms with E-state index in [1.807, 2.05) is 25.2 Å². The number of ether oxygens (including phenoxy) is 1. The number of hydrogen-bond acceptors (Lipinski definition) is 3. The van der Waals surface area contributed by atoms with Crippen molar-refractivity contribution in [3.63, 3.8) is 0 Å². The number of fused-ring (bicyclic) bond motifs is 1. The zero-order valence-corrected chi connectivity index (χ0v) is 15.4. The monoisotopic (exact) mass is 413 g/mol. The molecule has 23 heavy (non-hydrogen) atoms. The summed E-state index contributed by atoms with van der Waals surface area (Å²) in [7, 11) is 0. The molecule has 1 aromatic heterocycles. The Bertz CT molecular complexity index is 939. The zero-order valence-electron chi connectivity index (χ0n) is 12.2. The average molecular weight is 414 g/mol. The molecule has 8 heteroatoms. The van der Waals surface area contributed by atoms with Gasteiger partial charge >= 0.3 is 0 Å². The summed E-state index contributed by atoms with van der Waals surface area (Å²) in [6.45, 7) is 2.91. The second-order valence-electron chi connectivity index (χ2n) is 4.76. The van der Waals surface area contributed by atoms with Crippen LogP contribution in [0.4, 0.5) is 4.39 Å². The normalized spacial score (nSPS) is 13.0. The van der Waals surface area contributed by atoms with Crippen molar-refractivity contribution in [2.75, 3.05) is 6.61 Å². The molecule has 0 unspecified atom stereocenters. The van der Waals surface area contributed by atoms with Gasteiger partial charge < -0.3 is 4.74 Å². The maximum absolute atomic E-state index is 14.5. The summed E-state index contributed by atoms with van der Waals surface area (Å²) in [5.41, 5.74) is 0.275. The van der Waals surface area contributed by atoms with Crippen LogP contribution in [0.5, 0.6) is 5.75 Å². The summed E-state index contributed by atoms with van der Waals surface area (Å²) >= 11 is 14.3. The summed E-state index contributed by atoms with van der Waals surface area (Å²) in [6, 6.07) is 2.97. The topological polar surface area (TPSA) is 24.0 Å². The van der Waals surface area contributed by atoms with Crippen LogP contribution >= 0.6 is 40.4 Å². The van der Waals surface area contributed by atoms with Crippen LogP contribution in [0.1, 0.15) is 6.92 Å². The van der Waals surface area contributed by atoms with Gasteiger partial charge in [-0.1, -0.05) is 12.2 Å². The van der Waals surface area contributed by atoms with Crippen LogP contribution < -0.4 is 4.74 Å². The maximum Gasteiger partial charge on any atom is 0.206 e. The molecule has 0 spiro atoms. The minimum absolute atomic E-state index is 0.275. The van der Waals surface area contributed by atoms with E-state index in [9.17, 15) is 4.39 Å². The Morgan fingerprint density at radius 2 is 2.04 bits per heavy atom. The molecule has 0 fully saturated rings. The van der Waals surface area contributed by atoms with Crippen molar-refractivity contribution in [1.29, 1.82) is 0 Å². The molecule has 0 radical (unpaired) electrons. The van der Waals surface area contributed by atoms with E-state index in [4.69, 9.17) is 29.2 Å². The molecule has 2 aromatic rings. The third-order valence-electron chi connectivity index (χ3n) is 3.35. The fourth-order valence-corrected chi connectivity index (χ4v) is 3.52. The number of aromatic nitrogens is 3. The lowest BCUT2D eigenvalue weighted by molar-refractivity contribution is 0.337. The van der Waals surface area contributed by atoms with E-state index in [1.165, 1.54) is 6.07 Å². The molecule has 0 bridgehead atoms. The Balaban J connectivity index is 2.27. The number of allylic oxidation sites excluding steroid dienone is 3. The first-order valence-electron chi connectivity index (χ1n) is 6.94. The number of hydrogen-bond donors (Lipinski definition) is 0. The zero-order chi connectivity index (χ0) is 16.6.